The van der Waals surface area contributed by atoms with E-state index in [-0.39, 0.29) is 12.1 Å². The summed E-state index contributed by atoms with van der Waals surface area (Å²) in [5, 5.41) is 3.37. The minimum Gasteiger partial charge on any atom is -0.330 e. The number of benzene rings is 2. The Balaban J connectivity index is 1.30. The summed E-state index contributed by atoms with van der Waals surface area (Å²) < 4.78 is 0. The van der Waals surface area contributed by atoms with E-state index in [0.717, 1.165) is 11.1 Å². The van der Waals surface area contributed by atoms with E-state index in [9.17, 15) is 14.4 Å². The van der Waals surface area contributed by atoms with Crippen molar-refractivity contribution in [2.45, 2.75) is 32.4 Å². The van der Waals surface area contributed by atoms with Crippen LogP contribution < -0.4 is 5.32 Å². The number of carbonyl (C=O) groups excluding carboxylic acids is 3. The van der Waals surface area contributed by atoms with Crippen LogP contribution in [0.4, 0.5) is 10.5 Å². The summed E-state index contributed by atoms with van der Waals surface area (Å²) >= 11 is 6.22. The highest BCUT2D eigenvalue weighted by atomic mass is 35.5. The Kier molecular flexibility index (Phi) is 6.65. The molecule has 0 unspecified atom stereocenters. The number of hydrogen-bond donors (Lipinski definition) is 1. The van der Waals surface area contributed by atoms with Crippen LogP contribution >= 0.6 is 11.6 Å². The second kappa shape index (κ2) is 9.61. The third kappa shape index (κ3) is 4.88. The third-order valence-electron chi connectivity index (χ3n) is 6.12. The van der Waals surface area contributed by atoms with Gasteiger partial charge in [-0.25, -0.2) is 4.79 Å². The van der Waals surface area contributed by atoms with Crippen molar-refractivity contribution < 1.29 is 14.4 Å². The molecule has 0 aromatic heterocycles. The average molecular weight is 455 g/mol. The molecule has 0 aliphatic carbocycles. The minimum absolute atomic E-state index is 0.0302. The van der Waals surface area contributed by atoms with E-state index in [0.29, 0.717) is 56.3 Å². The molecule has 2 aliphatic rings. The number of halogens is 1. The Morgan fingerprint density at radius 3 is 2.41 bits per heavy atom. The molecule has 168 valence electrons. The first-order valence-electron chi connectivity index (χ1n) is 10.9. The van der Waals surface area contributed by atoms with Crippen LogP contribution in [0.3, 0.4) is 0 Å². The van der Waals surface area contributed by atoms with E-state index in [1.54, 1.807) is 20.8 Å². The number of amides is 4. The predicted octanol–water partition coefficient (Wildman–Crippen LogP) is 3.52. The van der Waals surface area contributed by atoms with Crippen LogP contribution in [-0.4, -0.2) is 64.8 Å². The Labute approximate surface area is 192 Å². The lowest BCUT2D eigenvalue weighted by Gasteiger charge is -2.42. The van der Waals surface area contributed by atoms with E-state index < -0.39 is 11.8 Å². The Morgan fingerprint density at radius 2 is 1.72 bits per heavy atom. The van der Waals surface area contributed by atoms with Gasteiger partial charge in [-0.2, -0.15) is 0 Å². The number of likely N-dealkylation sites (tertiary alicyclic amines) is 1. The number of rotatable bonds is 4. The molecule has 7 nitrogen and oxygen atoms in total. The zero-order chi connectivity index (χ0) is 22.7. The fraction of sp³-hybridized carbons (Fsp3) is 0.375. The van der Waals surface area contributed by atoms with Gasteiger partial charge in [-0.05, 0) is 43.0 Å². The van der Waals surface area contributed by atoms with Gasteiger partial charge in [0.2, 0.25) is 0 Å². The van der Waals surface area contributed by atoms with Gasteiger partial charge in [0.1, 0.15) is 0 Å². The van der Waals surface area contributed by atoms with Gasteiger partial charge in [-0.3, -0.25) is 9.59 Å². The molecule has 2 heterocycles. The van der Waals surface area contributed by atoms with Crippen LogP contribution in [0.5, 0.6) is 0 Å². The number of nitrogens with zero attached hydrogens (tertiary/aromatic N) is 3. The molecule has 2 aromatic carbocycles. The molecule has 0 atom stereocenters. The molecule has 32 heavy (non-hydrogen) atoms. The molecule has 2 aromatic rings. The highest BCUT2D eigenvalue weighted by molar-refractivity contribution is 6.35. The number of urea groups is 1. The molecule has 0 radical (unpaired) electrons. The first-order valence-corrected chi connectivity index (χ1v) is 11.3. The lowest BCUT2D eigenvalue weighted by atomic mass is 10.0. The maximum atomic E-state index is 12.8. The van der Waals surface area contributed by atoms with Gasteiger partial charge in [0, 0.05) is 38.8 Å². The Bertz CT molecular complexity index is 1010. The molecule has 1 N–H and O–H groups in total. The van der Waals surface area contributed by atoms with Crippen LogP contribution in [-0.2, 0) is 16.1 Å². The first kappa shape index (κ1) is 22.1. The Hall–Kier alpha value is -3.06. The highest BCUT2D eigenvalue weighted by Gasteiger charge is 2.38. The van der Waals surface area contributed by atoms with Crippen LogP contribution in [0.2, 0.25) is 5.02 Å². The van der Waals surface area contributed by atoms with E-state index in [1.165, 1.54) is 0 Å². The lowest BCUT2D eigenvalue weighted by molar-refractivity contribution is -0.158. The maximum Gasteiger partial charge on any atom is 0.321 e. The number of aryl methyl sites for hydroxylation is 1. The zero-order valence-corrected chi connectivity index (χ0v) is 18.8. The molecule has 2 saturated heterocycles. The van der Waals surface area contributed by atoms with Gasteiger partial charge in [0.05, 0.1) is 10.7 Å². The molecule has 2 fully saturated rings. The topological polar surface area (TPSA) is 73.0 Å². The lowest BCUT2D eigenvalue weighted by Crippen LogP contribution is -2.59. The molecule has 0 saturated carbocycles. The van der Waals surface area contributed by atoms with Crippen molar-refractivity contribution in [1.82, 2.24) is 14.7 Å². The van der Waals surface area contributed by atoms with Crippen molar-refractivity contribution in [1.29, 1.82) is 0 Å². The summed E-state index contributed by atoms with van der Waals surface area (Å²) in [5.41, 5.74) is 2.62. The molecule has 0 bridgehead atoms. The molecule has 0 spiro atoms. The number of carbonyl (C=O) groups is 3. The highest BCUT2D eigenvalue weighted by Crippen LogP contribution is 2.25. The summed E-state index contributed by atoms with van der Waals surface area (Å²) in [4.78, 5) is 43.1. The molecular weight excluding hydrogens is 428 g/mol. The summed E-state index contributed by atoms with van der Waals surface area (Å²) in [7, 11) is 0. The maximum absolute atomic E-state index is 12.8. The smallest absolute Gasteiger partial charge is 0.321 e. The van der Waals surface area contributed by atoms with E-state index in [2.05, 4.69) is 5.32 Å². The van der Waals surface area contributed by atoms with Gasteiger partial charge in [-0.15, -0.1) is 0 Å². The van der Waals surface area contributed by atoms with E-state index in [1.807, 2.05) is 49.4 Å². The quantitative estimate of drug-likeness (QED) is 0.718. The fourth-order valence-corrected chi connectivity index (χ4v) is 4.57. The standard InChI is InChI=1S/C24H27ClN4O3/c1-17-7-8-21(20(25)15-17)26-24(32)27-11-9-19(10-12-27)29-14-13-28(22(30)23(29)31)16-18-5-3-2-4-6-18/h2-8,15,19H,9-14,16H2,1H3,(H,26,32). The van der Waals surface area contributed by atoms with Crippen molar-refractivity contribution in [3.05, 3.63) is 64.7 Å². The summed E-state index contributed by atoms with van der Waals surface area (Å²) in [6.07, 6.45) is 1.29. The summed E-state index contributed by atoms with van der Waals surface area (Å²) in [6.45, 7) is 4.46. The normalized spacial score (nSPS) is 17.6. The van der Waals surface area contributed by atoms with E-state index in [4.69, 9.17) is 11.6 Å². The van der Waals surface area contributed by atoms with Gasteiger partial charge in [-0.1, -0.05) is 48.0 Å². The zero-order valence-electron chi connectivity index (χ0n) is 18.1. The molecule has 2 aliphatic heterocycles. The average Bonchev–Trinajstić information content (AvgIpc) is 2.80. The largest absolute Gasteiger partial charge is 0.330 e. The minimum atomic E-state index is -0.450. The molecule has 4 rings (SSSR count). The molecule has 8 heteroatoms. The second-order valence-electron chi connectivity index (χ2n) is 8.34. The third-order valence-corrected chi connectivity index (χ3v) is 6.43. The van der Waals surface area contributed by atoms with Gasteiger partial charge in [0.25, 0.3) is 0 Å². The van der Waals surface area contributed by atoms with Gasteiger partial charge >= 0.3 is 17.8 Å². The molecule has 4 amide bonds. The van der Waals surface area contributed by atoms with Crippen molar-refractivity contribution in [2.24, 2.45) is 0 Å². The van der Waals surface area contributed by atoms with Crippen molar-refractivity contribution in [2.75, 3.05) is 31.5 Å². The van der Waals surface area contributed by atoms with Crippen molar-refractivity contribution in [3.63, 3.8) is 0 Å². The number of hydrogen-bond acceptors (Lipinski definition) is 3. The van der Waals surface area contributed by atoms with Crippen molar-refractivity contribution in [3.8, 4) is 0 Å². The number of anilines is 1. The second-order valence-corrected chi connectivity index (χ2v) is 8.75. The molecular formula is C24H27ClN4O3. The predicted molar refractivity (Wildman–Crippen MR) is 123 cm³/mol. The Morgan fingerprint density at radius 1 is 1.00 bits per heavy atom. The van der Waals surface area contributed by atoms with Crippen LogP contribution in [0.15, 0.2) is 48.5 Å². The fourth-order valence-electron chi connectivity index (χ4n) is 4.29. The number of piperidine rings is 1. The van der Waals surface area contributed by atoms with E-state index >= 15 is 0 Å². The monoisotopic (exact) mass is 454 g/mol. The van der Waals surface area contributed by atoms with Gasteiger partial charge in [0.15, 0.2) is 0 Å². The summed E-state index contributed by atoms with van der Waals surface area (Å²) in [5.74, 6) is -0.893. The number of piperazine rings is 1. The SMILES string of the molecule is Cc1ccc(NC(=O)N2CCC(N3CCN(Cc4ccccc4)C(=O)C3=O)CC2)c(Cl)c1. The summed E-state index contributed by atoms with van der Waals surface area (Å²) in [6, 6.07) is 14.9. The van der Waals surface area contributed by atoms with Crippen LogP contribution in [0.25, 0.3) is 0 Å². The van der Waals surface area contributed by atoms with Crippen molar-refractivity contribution >= 4 is 35.1 Å². The first-order chi connectivity index (χ1) is 15.4. The number of nitrogens with one attached hydrogen (secondary N) is 1. The van der Waals surface area contributed by atoms with Crippen LogP contribution in [0, 0.1) is 6.92 Å². The van der Waals surface area contributed by atoms with Crippen LogP contribution in [0.1, 0.15) is 24.0 Å². The van der Waals surface area contributed by atoms with Gasteiger partial charge < -0.3 is 20.0 Å².